The number of nitrogens with two attached hydrogens (primary N) is 1. The molecular formula is C21H34N2O2S. The fourth-order valence-corrected chi connectivity index (χ4v) is 8.38. The molecule has 146 valence electrons. The number of Topliss-reactive ketones (excluding diaryl/α,β-unsaturated/α-hetero) is 1. The Morgan fingerprint density at radius 2 is 2.04 bits per heavy atom. The predicted octanol–water partition coefficient (Wildman–Crippen LogP) is 4.10. The van der Waals surface area contributed by atoms with Gasteiger partial charge >= 0.3 is 0 Å². The van der Waals surface area contributed by atoms with Gasteiger partial charge in [0.2, 0.25) is 0 Å². The van der Waals surface area contributed by atoms with Crippen molar-refractivity contribution in [1.82, 2.24) is 0 Å². The fourth-order valence-electron chi connectivity index (χ4n) is 7.30. The van der Waals surface area contributed by atoms with Crippen LogP contribution in [0.4, 0.5) is 0 Å². The second-order valence-electron chi connectivity index (χ2n) is 9.70. The van der Waals surface area contributed by atoms with E-state index in [1.54, 1.807) is 0 Å². The first-order valence-electron chi connectivity index (χ1n) is 10.5. The predicted molar refractivity (Wildman–Crippen MR) is 107 cm³/mol. The van der Waals surface area contributed by atoms with Crippen LogP contribution in [-0.2, 0) is 4.79 Å². The number of carbonyl (C=O) groups is 1. The van der Waals surface area contributed by atoms with Crippen LogP contribution in [0.3, 0.4) is 0 Å². The highest BCUT2D eigenvalue weighted by Crippen LogP contribution is 2.65. The van der Waals surface area contributed by atoms with Crippen molar-refractivity contribution in [1.29, 1.82) is 0 Å². The second-order valence-corrected chi connectivity index (χ2v) is 11.1. The van der Waals surface area contributed by atoms with Crippen molar-refractivity contribution in [3.05, 3.63) is 0 Å². The maximum Gasteiger partial charge on any atom is 0.139 e. The van der Waals surface area contributed by atoms with Gasteiger partial charge in [-0.05, 0) is 68.1 Å². The Morgan fingerprint density at radius 3 is 2.77 bits per heavy atom. The molecule has 4 aliphatic carbocycles. The molecule has 4 rings (SSSR count). The van der Waals surface area contributed by atoms with Crippen LogP contribution >= 0.6 is 11.8 Å². The summed E-state index contributed by atoms with van der Waals surface area (Å²) in [5.74, 6) is 3.61. The Hall–Kier alpha value is -0.550. The largest absolute Gasteiger partial charge is 0.411 e. The number of hydrogen-bond acceptors (Lipinski definition) is 5. The van der Waals surface area contributed by atoms with E-state index in [0.29, 0.717) is 34.7 Å². The molecule has 7 atom stereocenters. The first kappa shape index (κ1) is 18.8. The van der Waals surface area contributed by atoms with Gasteiger partial charge in [0.1, 0.15) is 5.78 Å². The van der Waals surface area contributed by atoms with E-state index in [2.05, 4.69) is 19.0 Å². The molecule has 0 amide bonds. The summed E-state index contributed by atoms with van der Waals surface area (Å²) in [5.41, 5.74) is 6.85. The lowest BCUT2D eigenvalue weighted by molar-refractivity contribution is -0.133. The Morgan fingerprint density at radius 1 is 1.23 bits per heavy atom. The van der Waals surface area contributed by atoms with Gasteiger partial charge in [-0.15, -0.1) is 0 Å². The summed E-state index contributed by atoms with van der Waals surface area (Å²) in [7, 11) is 0. The number of ketones is 1. The number of carbonyl (C=O) groups excluding carboxylic acids is 1. The van der Waals surface area contributed by atoms with Crippen LogP contribution in [0.2, 0.25) is 0 Å². The second kappa shape index (κ2) is 6.80. The molecule has 5 heteroatoms. The van der Waals surface area contributed by atoms with E-state index in [4.69, 9.17) is 5.73 Å². The lowest BCUT2D eigenvalue weighted by Crippen LogP contribution is -2.56. The average molecular weight is 379 g/mol. The van der Waals surface area contributed by atoms with E-state index < -0.39 is 0 Å². The SMILES string of the molecule is C[C@]12CC[C@H](SCCN)CC1/C(=N\O)C[C@@H]1[C@@H]2CC[C@]2(C)C(=O)CC[C@@H]12. The van der Waals surface area contributed by atoms with Crippen LogP contribution in [0.1, 0.15) is 65.2 Å². The third-order valence-electron chi connectivity index (χ3n) is 8.74. The first-order valence-corrected chi connectivity index (χ1v) is 11.5. The maximum absolute atomic E-state index is 12.6. The topological polar surface area (TPSA) is 75.7 Å². The fraction of sp³-hybridized carbons (Fsp3) is 0.905. The number of oxime groups is 1. The number of fused-ring (bicyclic) bond motifs is 5. The van der Waals surface area contributed by atoms with Crippen molar-refractivity contribution in [3.8, 4) is 0 Å². The highest BCUT2D eigenvalue weighted by atomic mass is 32.2. The zero-order valence-corrected chi connectivity index (χ0v) is 17.1. The van der Waals surface area contributed by atoms with E-state index >= 15 is 0 Å². The number of hydrogen-bond donors (Lipinski definition) is 2. The van der Waals surface area contributed by atoms with Gasteiger partial charge in [-0.3, -0.25) is 4.79 Å². The number of nitrogens with zero attached hydrogens (tertiary/aromatic N) is 1. The van der Waals surface area contributed by atoms with Crippen LogP contribution in [0.5, 0.6) is 0 Å². The Kier molecular flexibility index (Phi) is 4.92. The third-order valence-corrected chi connectivity index (χ3v) is 10.1. The van der Waals surface area contributed by atoms with Gasteiger partial charge in [-0.25, -0.2) is 0 Å². The normalized spacial score (nSPS) is 49.6. The van der Waals surface area contributed by atoms with Crippen molar-refractivity contribution in [2.45, 2.75) is 70.5 Å². The van der Waals surface area contributed by atoms with Crippen LogP contribution < -0.4 is 5.73 Å². The Balaban J connectivity index is 1.61. The standard InChI is InChI=1S/C21H34N2O2S/c1-20-7-5-13(26-10-9-22)11-17(20)18(23-25)12-14-15-3-4-19(24)21(15,2)8-6-16(14)20/h13-17,25H,3-12,22H2,1-2H3/b23-18-/t13-,14-,15-,16-,17?,20+,21-/m0/s1. The molecule has 1 unspecified atom stereocenters. The lowest BCUT2D eigenvalue weighted by atomic mass is 9.45. The summed E-state index contributed by atoms with van der Waals surface area (Å²) >= 11 is 2.00. The minimum atomic E-state index is -0.112. The molecule has 4 saturated carbocycles. The molecule has 0 spiro atoms. The van der Waals surface area contributed by atoms with Crippen molar-refractivity contribution >= 4 is 23.3 Å². The molecule has 4 fully saturated rings. The molecule has 3 N–H and O–H groups in total. The Labute approximate surface area is 161 Å². The van der Waals surface area contributed by atoms with E-state index in [1.165, 1.54) is 19.3 Å². The average Bonchev–Trinajstić information content (AvgIpc) is 2.94. The number of rotatable bonds is 3. The molecule has 0 aromatic heterocycles. The van der Waals surface area contributed by atoms with Gasteiger partial charge in [0, 0.05) is 35.3 Å². The summed E-state index contributed by atoms with van der Waals surface area (Å²) in [4.78, 5) is 12.6. The van der Waals surface area contributed by atoms with Gasteiger partial charge in [-0.2, -0.15) is 11.8 Å². The highest BCUT2D eigenvalue weighted by molar-refractivity contribution is 7.99. The summed E-state index contributed by atoms with van der Waals surface area (Å²) in [5, 5.41) is 14.3. The molecule has 26 heavy (non-hydrogen) atoms. The third kappa shape index (κ3) is 2.68. The zero-order chi connectivity index (χ0) is 18.5. The van der Waals surface area contributed by atoms with E-state index in [1.807, 2.05) is 11.8 Å². The molecule has 0 saturated heterocycles. The minimum Gasteiger partial charge on any atom is -0.411 e. The molecule has 0 bridgehead atoms. The van der Waals surface area contributed by atoms with Gasteiger partial charge in [0.25, 0.3) is 0 Å². The van der Waals surface area contributed by atoms with Crippen molar-refractivity contribution < 1.29 is 10.0 Å². The monoisotopic (exact) mass is 378 g/mol. The Bertz CT molecular complexity index is 609. The van der Waals surface area contributed by atoms with Crippen molar-refractivity contribution in [2.75, 3.05) is 12.3 Å². The molecule has 0 aromatic rings. The quantitative estimate of drug-likeness (QED) is 0.573. The van der Waals surface area contributed by atoms with Gasteiger partial charge in [-0.1, -0.05) is 19.0 Å². The molecule has 4 aliphatic rings. The first-order chi connectivity index (χ1) is 12.4. The van der Waals surface area contributed by atoms with Gasteiger partial charge < -0.3 is 10.9 Å². The molecule has 0 aliphatic heterocycles. The van der Waals surface area contributed by atoms with Crippen molar-refractivity contribution in [2.24, 2.45) is 45.4 Å². The van der Waals surface area contributed by atoms with Gasteiger partial charge in [0.15, 0.2) is 0 Å². The highest BCUT2D eigenvalue weighted by Gasteiger charge is 2.61. The van der Waals surface area contributed by atoms with Crippen molar-refractivity contribution in [3.63, 3.8) is 0 Å². The van der Waals surface area contributed by atoms with Crippen LogP contribution in [0, 0.1) is 34.5 Å². The molecule has 0 radical (unpaired) electrons. The number of thioether (sulfide) groups is 1. The molecular weight excluding hydrogens is 344 g/mol. The van der Waals surface area contributed by atoms with Crippen LogP contribution in [0.15, 0.2) is 5.16 Å². The van der Waals surface area contributed by atoms with Crippen LogP contribution in [-0.4, -0.2) is 34.2 Å². The molecule has 0 heterocycles. The van der Waals surface area contributed by atoms with E-state index in [0.717, 1.165) is 50.1 Å². The summed E-state index contributed by atoms with van der Waals surface area (Å²) in [6, 6.07) is 0. The van der Waals surface area contributed by atoms with E-state index in [9.17, 15) is 10.0 Å². The van der Waals surface area contributed by atoms with Crippen LogP contribution in [0.25, 0.3) is 0 Å². The van der Waals surface area contributed by atoms with Gasteiger partial charge in [0.05, 0.1) is 5.71 Å². The van der Waals surface area contributed by atoms with E-state index in [-0.39, 0.29) is 10.8 Å². The molecule has 4 nitrogen and oxygen atoms in total. The smallest absolute Gasteiger partial charge is 0.139 e. The summed E-state index contributed by atoms with van der Waals surface area (Å²) in [6.07, 6.45) is 8.55. The maximum atomic E-state index is 12.6. The summed E-state index contributed by atoms with van der Waals surface area (Å²) < 4.78 is 0. The minimum absolute atomic E-state index is 0.112. The zero-order valence-electron chi connectivity index (χ0n) is 16.2. The summed E-state index contributed by atoms with van der Waals surface area (Å²) in [6.45, 7) is 5.42. The lowest BCUT2D eigenvalue weighted by Gasteiger charge is -2.60. The molecule has 0 aromatic carbocycles.